The van der Waals surface area contributed by atoms with Crippen molar-refractivity contribution in [3.63, 3.8) is 0 Å². The number of fused-ring (bicyclic) bond motifs is 1. The van der Waals surface area contributed by atoms with Crippen LogP contribution in [0, 0.1) is 29.1 Å². The second-order valence-electron chi connectivity index (χ2n) is 13.4. The molecule has 0 amide bonds. The average Bonchev–Trinajstić information content (AvgIpc) is 3.35. The minimum atomic E-state index is 0.488. The third-order valence-electron chi connectivity index (χ3n) is 10.2. The largest absolute Gasteiger partial charge is 0.338 e. The molecule has 0 radical (unpaired) electrons. The Balaban J connectivity index is 1.26. The van der Waals surface area contributed by atoms with Crippen LogP contribution in [0.4, 0.5) is 0 Å². The van der Waals surface area contributed by atoms with Crippen LogP contribution in [0.2, 0.25) is 0 Å². The SMILES string of the molecule is CC(C)(C)C1CCC(CN2C3=NC[C@@H](C4CCCCC4)N3C[C@@H]2CC2CCCCC2)CC1. The first-order valence-corrected chi connectivity index (χ1v) is 14.6. The first-order chi connectivity index (χ1) is 15.5. The second-order valence-corrected chi connectivity index (χ2v) is 13.4. The van der Waals surface area contributed by atoms with Crippen LogP contribution in [0.25, 0.3) is 0 Å². The van der Waals surface area contributed by atoms with E-state index < -0.39 is 0 Å². The quantitative estimate of drug-likeness (QED) is 0.452. The molecule has 5 aliphatic rings. The maximum Gasteiger partial charge on any atom is 0.197 e. The molecule has 5 rings (SSSR count). The Morgan fingerprint density at radius 2 is 1.44 bits per heavy atom. The van der Waals surface area contributed by atoms with Crippen LogP contribution in [-0.2, 0) is 0 Å². The Labute approximate surface area is 198 Å². The van der Waals surface area contributed by atoms with Crippen molar-refractivity contribution in [2.45, 2.75) is 129 Å². The van der Waals surface area contributed by atoms with Gasteiger partial charge in [0.25, 0.3) is 0 Å². The van der Waals surface area contributed by atoms with Crippen molar-refractivity contribution in [2.24, 2.45) is 34.1 Å². The van der Waals surface area contributed by atoms with Crippen LogP contribution in [0.5, 0.6) is 0 Å². The molecule has 3 nitrogen and oxygen atoms in total. The molecule has 0 bridgehead atoms. The minimum Gasteiger partial charge on any atom is -0.338 e. The minimum absolute atomic E-state index is 0.488. The summed E-state index contributed by atoms with van der Waals surface area (Å²) in [6.07, 6.45) is 21.9. The molecule has 0 aromatic heterocycles. The molecule has 0 aromatic rings. The summed E-state index contributed by atoms with van der Waals surface area (Å²) in [4.78, 5) is 11.0. The standard InChI is InChI=1S/C29H51N3/c1-29(2,3)25-16-14-23(15-17-25)20-31-26(18-22-10-6-4-7-11-22)21-32-27(19-30-28(31)32)24-12-8-5-9-13-24/h22-27H,4-21H2,1-3H3/t23?,25?,26-,27-/m0/s1. The van der Waals surface area contributed by atoms with Gasteiger partial charge in [-0.15, -0.1) is 0 Å². The van der Waals surface area contributed by atoms with E-state index in [-0.39, 0.29) is 0 Å². The van der Waals surface area contributed by atoms with Crippen molar-refractivity contribution in [1.82, 2.24) is 9.80 Å². The number of nitrogens with zero attached hydrogens (tertiary/aromatic N) is 3. The van der Waals surface area contributed by atoms with Gasteiger partial charge in [0, 0.05) is 19.1 Å². The summed E-state index contributed by atoms with van der Waals surface area (Å²) >= 11 is 0. The zero-order valence-corrected chi connectivity index (χ0v) is 21.5. The van der Waals surface area contributed by atoms with E-state index in [1.165, 1.54) is 115 Å². The first-order valence-electron chi connectivity index (χ1n) is 14.6. The second kappa shape index (κ2) is 9.87. The highest BCUT2D eigenvalue weighted by atomic mass is 15.5. The van der Waals surface area contributed by atoms with Crippen molar-refractivity contribution in [1.29, 1.82) is 0 Å². The number of aliphatic imine (C=N–C) groups is 1. The smallest absolute Gasteiger partial charge is 0.197 e. The highest BCUT2D eigenvalue weighted by Gasteiger charge is 2.46. The molecule has 0 unspecified atom stereocenters. The van der Waals surface area contributed by atoms with Crippen molar-refractivity contribution in [3.8, 4) is 0 Å². The van der Waals surface area contributed by atoms with Crippen LogP contribution >= 0.6 is 0 Å². The summed E-state index contributed by atoms with van der Waals surface area (Å²) in [7, 11) is 0. The van der Waals surface area contributed by atoms with E-state index in [2.05, 4.69) is 30.6 Å². The van der Waals surface area contributed by atoms with Crippen molar-refractivity contribution in [3.05, 3.63) is 0 Å². The summed E-state index contributed by atoms with van der Waals surface area (Å²) in [6, 6.07) is 1.46. The molecule has 0 aromatic carbocycles. The van der Waals surface area contributed by atoms with Gasteiger partial charge in [0.15, 0.2) is 5.96 Å². The molecule has 2 atom stereocenters. The number of hydrogen-bond acceptors (Lipinski definition) is 3. The molecule has 2 heterocycles. The summed E-state index contributed by atoms with van der Waals surface area (Å²) in [5.41, 5.74) is 0.488. The predicted octanol–water partition coefficient (Wildman–Crippen LogP) is 7.11. The van der Waals surface area contributed by atoms with Crippen LogP contribution in [0.1, 0.15) is 117 Å². The van der Waals surface area contributed by atoms with Gasteiger partial charge in [-0.3, -0.25) is 4.99 Å². The lowest BCUT2D eigenvalue weighted by Gasteiger charge is -2.39. The van der Waals surface area contributed by atoms with Crippen LogP contribution in [-0.4, -0.2) is 47.5 Å². The Morgan fingerprint density at radius 1 is 0.781 bits per heavy atom. The zero-order chi connectivity index (χ0) is 22.1. The average molecular weight is 442 g/mol. The van der Waals surface area contributed by atoms with Crippen molar-refractivity contribution in [2.75, 3.05) is 19.6 Å². The van der Waals surface area contributed by atoms with Gasteiger partial charge in [-0.25, -0.2) is 0 Å². The number of hydrogen-bond donors (Lipinski definition) is 0. The maximum absolute atomic E-state index is 5.27. The van der Waals surface area contributed by atoms with E-state index in [9.17, 15) is 0 Å². The Kier molecular flexibility index (Phi) is 7.10. The molecular weight excluding hydrogens is 390 g/mol. The highest BCUT2D eigenvalue weighted by Crippen LogP contribution is 2.42. The van der Waals surface area contributed by atoms with Gasteiger partial charge >= 0.3 is 0 Å². The van der Waals surface area contributed by atoms with Gasteiger partial charge in [-0.05, 0) is 74.0 Å². The molecule has 2 aliphatic heterocycles. The Morgan fingerprint density at radius 3 is 2.09 bits per heavy atom. The fourth-order valence-corrected chi connectivity index (χ4v) is 8.13. The van der Waals surface area contributed by atoms with Gasteiger partial charge in [0.1, 0.15) is 0 Å². The molecule has 0 spiro atoms. The molecule has 3 aliphatic carbocycles. The molecule has 3 heteroatoms. The summed E-state index contributed by atoms with van der Waals surface area (Å²) in [5, 5.41) is 0. The van der Waals surface area contributed by atoms with Crippen molar-refractivity contribution < 1.29 is 0 Å². The third-order valence-corrected chi connectivity index (χ3v) is 10.2. The van der Waals surface area contributed by atoms with E-state index in [0.29, 0.717) is 5.41 Å². The topological polar surface area (TPSA) is 18.8 Å². The van der Waals surface area contributed by atoms with Gasteiger partial charge in [-0.2, -0.15) is 0 Å². The number of rotatable bonds is 5. The molecule has 4 fully saturated rings. The fraction of sp³-hybridized carbons (Fsp3) is 0.966. The maximum atomic E-state index is 5.27. The van der Waals surface area contributed by atoms with Crippen molar-refractivity contribution >= 4 is 5.96 Å². The lowest BCUT2D eigenvalue weighted by atomic mass is 9.70. The normalized spacial score (nSPS) is 35.3. The Hall–Kier alpha value is -0.730. The molecule has 32 heavy (non-hydrogen) atoms. The van der Waals surface area contributed by atoms with Crippen LogP contribution in [0.15, 0.2) is 4.99 Å². The van der Waals surface area contributed by atoms with Gasteiger partial charge < -0.3 is 9.80 Å². The molecule has 0 N–H and O–H groups in total. The van der Waals surface area contributed by atoms with Gasteiger partial charge in [0.05, 0.1) is 12.6 Å². The monoisotopic (exact) mass is 441 g/mol. The van der Waals surface area contributed by atoms with E-state index >= 15 is 0 Å². The van der Waals surface area contributed by atoms with Gasteiger partial charge in [0.2, 0.25) is 0 Å². The molecule has 3 saturated carbocycles. The highest BCUT2D eigenvalue weighted by molar-refractivity contribution is 5.84. The zero-order valence-electron chi connectivity index (χ0n) is 21.5. The number of guanidine groups is 1. The lowest BCUT2D eigenvalue weighted by Crippen LogP contribution is -2.42. The van der Waals surface area contributed by atoms with E-state index in [1.807, 2.05) is 0 Å². The molecule has 1 saturated heterocycles. The van der Waals surface area contributed by atoms with E-state index in [1.54, 1.807) is 0 Å². The molecular formula is C29H51N3. The van der Waals surface area contributed by atoms with Crippen LogP contribution < -0.4 is 0 Å². The molecule has 182 valence electrons. The summed E-state index contributed by atoms with van der Waals surface area (Å²) < 4.78 is 0. The summed E-state index contributed by atoms with van der Waals surface area (Å²) in [5.74, 6) is 5.12. The predicted molar refractivity (Wildman–Crippen MR) is 136 cm³/mol. The van der Waals surface area contributed by atoms with E-state index in [0.717, 1.165) is 42.3 Å². The lowest BCUT2D eigenvalue weighted by molar-refractivity contribution is 0.130. The Bertz CT molecular complexity index is 629. The first kappa shape index (κ1) is 23.0. The fourth-order valence-electron chi connectivity index (χ4n) is 8.13. The summed E-state index contributed by atoms with van der Waals surface area (Å²) in [6.45, 7) is 11.0. The van der Waals surface area contributed by atoms with Gasteiger partial charge in [-0.1, -0.05) is 72.1 Å². The van der Waals surface area contributed by atoms with Crippen LogP contribution in [0.3, 0.4) is 0 Å². The van der Waals surface area contributed by atoms with E-state index in [4.69, 9.17) is 4.99 Å². The third kappa shape index (κ3) is 5.02.